The fourth-order valence-corrected chi connectivity index (χ4v) is 2.31. The first kappa shape index (κ1) is 15.0. The van der Waals surface area contributed by atoms with Crippen LogP contribution in [0.25, 0.3) is 0 Å². The molecule has 0 aliphatic carbocycles. The molecule has 0 aliphatic rings. The van der Waals surface area contributed by atoms with E-state index < -0.39 is 0 Å². The molecule has 0 unspecified atom stereocenters. The molecule has 7 heteroatoms. The molecule has 20 heavy (non-hydrogen) atoms. The zero-order valence-electron chi connectivity index (χ0n) is 10.9. The highest BCUT2D eigenvalue weighted by Gasteiger charge is 2.14. The first-order valence-electron chi connectivity index (χ1n) is 5.76. The van der Waals surface area contributed by atoms with Gasteiger partial charge in [-0.05, 0) is 37.6 Å². The Kier molecular flexibility index (Phi) is 4.42. The summed E-state index contributed by atoms with van der Waals surface area (Å²) in [5, 5.41) is 12.3. The van der Waals surface area contributed by atoms with Crippen molar-refractivity contribution in [2.45, 2.75) is 13.8 Å². The number of nitrogens with one attached hydrogen (secondary N) is 1. The lowest BCUT2D eigenvalue weighted by molar-refractivity contribution is 0.963. The van der Waals surface area contributed by atoms with Gasteiger partial charge in [0.1, 0.15) is 4.99 Å². The van der Waals surface area contributed by atoms with Crippen LogP contribution in [0.1, 0.15) is 16.8 Å². The van der Waals surface area contributed by atoms with E-state index in [1.54, 1.807) is 18.2 Å². The van der Waals surface area contributed by atoms with Gasteiger partial charge in [0.15, 0.2) is 5.82 Å². The van der Waals surface area contributed by atoms with Gasteiger partial charge in [-0.1, -0.05) is 35.4 Å². The van der Waals surface area contributed by atoms with Crippen LogP contribution in [0.4, 0.5) is 11.5 Å². The van der Waals surface area contributed by atoms with Crippen LogP contribution in [0, 0.1) is 13.8 Å². The van der Waals surface area contributed by atoms with Crippen molar-refractivity contribution in [1.82, 2.24) is 10.2 Å². The molecular formula is C13H12Cl2N4S. The molecule has 4 nitrogen and oxygen atoms in total. The van der Waals surface area contributed by atoms with Crippen LogP contribution in [-0.2, 0) is 0 Å². The summed E-state index contributed by atoms with van der Waals surface area (Å²) in [7, 11) is 0. The average Bonchev–Trinajstić information content (AvgIpc) is 2.38. The maximum Gasteiger partial charge on any atom is 0.163 e. The van der Waals surface area contributed by atoms with Gasteiger partial charge in [-0.2, -0.15) is 5.10 Å². The number of aryl methyl sites for hydroxylation is 1. The minimum Gasteiger partial charge on any atom is -0.389 e. The minimum absolute atomic E-state index is 0.251. The van der Waals surface area contributed by atoms with E-state index in [0.29, 0.717) is 27.1 Å². The molecule has 0 saturated heterocycles. The highest BCUT2D eigenvalue weighted by Crippen LogP contribution is 2.29. The van der Waals surface area contributed by atoms with Crippen molar-refractivity contribution in [1.29, 1.82) is 0 Å². The van der Waals surface area contributed by atoms with Crippen LogP contribution >= 0.6 is 35.4 Å². The van der Waals surface area contributed by atoms with Crippen LogP contribution in [-0.4, -0.2) is 15.2 Å². The van der Waals surface area contributed by atoms with E-state index in [4.69, 9.17) is 41.2 Å². The monoisotopic (exact) mass is 326 g/mol. The van der Waals surface area contributed by atoms with E-state index in [0.717, 1.165) is 11.3 Å². The zero-order chi connectivity index (χ0) is 14.9. The highest BCUT2D eigenvalue weighted by molar-refractivity contribution is 7.80. The number of rotatable bonds is 3. The summed E-state index contributed by atoms with van der Waals surface area (Å²) in [6, 6.07) is 5.10. The third kappa shape index (κ3) is 3.00. The number of benzene rings is 1. The molecule has 0 atom stereocenters. The summed E-state index contributed by atoms with van der Waals surface area (Å²) in [5.41, 5.74) is 8.70. The Morgan fingerprint density at radius 3 is 2.60 bits per heavy atom. The number of anilines is 2. The van der Waals surface area contributed by atoms with Gasteiger partial charge in [0, 0.05) is 5.02 Å². The molecule has 0 amide bonds. The maximum absolute atomic E-state index is 6.12. The maximum atomic E-state index is 6.12. The Hall–Kier alpha value is -1.43. The Balaban J connectivity index is 2.51. The molecule has 2 aromatic rings. The number of aromatic nitrogens is 2. The number of hydrogen-bond acceptors (Lipinski definition) is 4. The number of nitrogens with zero attached hydrogens (tertiary/aromatic N) is 2. The van der Waals surface area contributed by atoms with Crippen molar-refractivity contribution in [3.05, 3.63) is 45.1 Å². The van der Waals surface area contributed by atoms with E-state index in [1.807, 2.05) is 13.8 Å². The predicted octanol–water partition coefficient (Wildman–Crippen LogP) is 3.78. The summed E-state index contributed by atoms with van der Waals surface area (Å²) in [5.74, 6) is 0.463. The topological polar surface area (TPSA) is 63.8 Å². The third-order valence-corrected chi connectivity index (χ3v) is 3.65. The number of thiocarbonyl (C=S) groups is 1. The van der Waals surface area contributed by atoms with Crippen LogP contribution in [0.3, 0.4) is 0 Å². The summed E-state index contributed by atoms with van der Waals surface area (Å²) in [6.45, 7) is 3.74. The van der Waals surface area contributed by atoms with Gasteiger partial charge in [0.25, 0.3) is 0 Å². The molecule has 2 rings (SSSR count). The molecular weight excluding hydrogens is 315 g/mol. The Morgan fingerprint density at radius 1 is 1.25 bits per heavy atom. The quantitative estimate of drug-likeness (QED) is 0.840. The first-order valence-corrected chi connectivity index (χ1v) is 6.92. The van der Waals surface area contributed by atoms with Gasteiger partial charge < -0.3 is 11.1 Å². The summed E-state index contributed by atoms with van der Waals surface area (Å²) in [6.07, 6.45) is 0. The van der Waals surface area contributed by atoms with Crippen molar-refractivity contribution in [3.8, 4) is 0 Å². The van der Waals surface area contributed by atoms with E-state index in [2.05, 4.69) is 15.5 Å². The predicted molar refractivity (Wildman–Crippen MR) is 87.1 cm³/mol. The second-order valence-electron chi connectivity index (χ2n) is 4.25. The van der Waals surface area contributed by atoms with Crippen LogP contribution in [0.2, 0.25) is 10.0 Å². The molecule has 104 valence electrons. The van der Waals surface area contributed by atoms with E-state index in [9.17, 15) is 0 Å². The van der Waals surface area contributed by atoms with Gasteiger partial charge in [-0.3, -0.25) is 0 Å². The van der Waals surface area contributed by atoms with Crippen LogP contribution < -0.4 is 11.1 Å². The smallest absolute Gasteiger partial charge is 0.163 e. The van der Waals surface area contributed by atoms with Gasteiger partial charge in [0.05, 0.1) is 22.0 Å². The fourth-order valence-electron chi connectivity index (χ4n) is 1.72. The summed E-state index contributed by atoms with van der Waals surface area (Å²) < 4.78 is 0. The van der Waals surface area contributed by atoms with E-state index >= 15 is 0 Å². The molecule has 1 aromatic carbocycles. The minimum atomic E-state index is 0.251. The first-order chi connectivity index (χ1) is 9.40. The third-order valence-electron chi connectivity index (χ3n) is 2.88. The van der Waals surface area contributed by atoms with Crippen molar-refractivity contribution in [2.24, 2.45) is 5.73 Å². The van der Waals surface area contributed by atoms with Crippen molar-refractivity contribution < 1.29 is 0 Å². The van der Waals surface area contributed by atoms with E-state index in [-0.39, 0.29) is 4.99 Å². The molecule has 0 saturated carbocycles. The van der Waals surface area contributed by atoms with Gasteiger partial charge >= 0.3 is 0 Å². The molecule has 0 fully saturated rings. The lowest BCUT2D eigenvalue weighted by Crippen LogP contribution is -2.17. The molecule has 0 bridgehead atoms. The zero-order valence-corrected chi connectivity index (χ0v) is 13.2. The van der Waals surface area contributed by atoms with Crippen molar-refractivity contribution in [3.63, 3.8) is 0 Å². The Morgan fingerprint density at radius 2 is 1.95 bits per heavy atom. The van der Waals surface area contributed by atoms with Crippen molar-refractivity contribution >= 4 is 51.9 Å². The Labute approximate surface area is 132 Å². The summed E-state index contributed by atoms with van der Waals surface area (Å²) >= 11 is 17.2. The normalized spacial score (nSPS) is 10.4. The highest BCUT2D eigenvalue weighted by atomic mass is 35.5. The Bertz CT molecular complexity index is 688. The number of nitrogens with two attached hydrogens (primary N) is 1. The molecule has 0 spiro atoms. The van der Waals surface area contributed by atoms with Gasteiger partial charge in [-0.25, -0.2) is 0 Å². The second-order valence-corrected chi connectivity index (χ2v) is 5.53. The van der Waals surface area contributed by atoms with Gasteiger partial charge in [0.2, 0.25) is 0 Å². The van der Waals surface area contributed by atoms with E-state index in [1.165, 1.54) is 0 Å². The molecule has 1 aromatic heterocycles. The standard InChI is InChI=1S/C13H12Cl2N4S/c1-6-7(2)18-19-13(11(6)12(16)20)17-10-5-8(14)3-4-9(10)15/h3-5H,1-2H3,(H2,16,20)(H,17,19). The van der Waals surface area contributed by atoms with Crippen LogP contribution in [0.5, 0.6) is 0 Å². The lowest BCUT2D eigenvalue weighted by Gasteiger charge is -2.14. The second kappa shape index (κ2) is 5.91. The molecule has 1 heterocycles. The molecule has 0 radical (unpaired) electrons. The van der Waals surface area contributed by atoms with Crippen molar-refractivity contribution in [2.75, 3.05) is 5.32 Å². The largest absolute Gasteiger partial charge is 0.389 e. The fraction of sp³-hybridized carbons (Fsp3) is 0.154. The SMILES string of the molecule is Cc1nnc(Nc2cc(Cl)ccc2Cl)c(C(N)=S)c1C. The lowest BCUT2D eigenvalue weighted by atomic mass is 10.1. The number of halogens is 2. The number of hydrogen-bond donors (Lipinski definition) is 2. The van der Waals surface area contributed by atoms with Gasteiger partial charge in [-0.15, -0.1) is 5.10 Å². The van der Waals surface area contributed by atoms with Crippen LogP contribution in [0.15, 0.2) is 18.2 Å². The molecule has 3 N–H and O–H groups in total. The average molecular weight is 327 g/mol. The molecule has 0 aliphatic heterocycles. The summed E-state index contributed by atoms with van der Waals surface area (Å²) in [4.78, 5) is 0.251.